The van der Waals surface area contributed by atoms with Crippen LogP contribution in [0.25, 0.3) is 0 Å². The molecule has 2 rings (SSSR count). The van der Waals surface area contributed by atoms with Crippen LogP contribution in [0.3, 0.4) is 0 Å². The highest BCUT2D eigenvalue weighted by Gasteiger charge is 2.11. The SMILES string of the molecule is CCOCCCNC(=NCc1ccc(OC)cc1)NCCCN1CCCN(C)CC1.I. The third-order valence-electron chi connectivity index (χ3n) is 5.30. The summed E-state index contributed by atoms with van der Waals surface area (Å²) in [7, 11) is 3.90. The summed E-state index contributed by atoms with van der Waals surface area (Å²) in [5.41, 5.74) is 1.17. The van der Waals surface area contributed by atoms with E-state index < -0.39 is 0 Å². The molecule has 0 atom stereocenters. The number of ether oxygens (including phenoxy) is 2. The Labute approximate surface area is 206 Å². The summed E-state index contributed by atoms with van der Waals surface area (Å²) in [4.78, 5) is 9.77. The summed E-state index contributed by atoms with van der Waals surface area (Å²) in [6.07, 6.45) is 3.35. The number of nitrogens with one attached hydrogen (secondary N) is 2. The van der Waals surface area contributed by atoms with Gasteiger partial charge in [0.1, 0.15) is 5.75 Å². The van der Waals surface area contributed by atoms with E-state index in [4.69, 9.17) is 14.5 Å². The molecule has 1 saturated heterocycles. The number of methoxy groups -OCH3 is 1. The minimum atomic E-state index is 0. The van der Waals surface area contributed by atoms with Crippen LogP contribution in [0.4, 0.5) is 0 Å². The van der Waals surface area contributed by atoms with Crippen molar-refractivity contribution in [3.05, 3.63) is 29.8 Å². The van der Waals surface area contributed by atoms with Gasteiger partial charge in [0.05, 0.1) is 13.7 Å². The van der Waals surface area contributed by atoms with Gasteiger partial charge in [0.2, 0.25) is 0 Å². The molecule has 0 bridgehead atoms. The average molecular weight is 548 g/mol. The van der Waals surface area contributed by atoms with E-state index in [0.29, 0.717) is 6.54 Å². The van der Waals surface area contributed by atoms with Gasteiger partial charge in [0.15, 0.2) is 5.96 Å². The zero-order chi connectivity index (χ0) is 21.4. The lowest BCUT2D eigenvalue weighted by molar-refractivity contribution is 0.145. The molecule has 1 aliphatic rings. The van der Waals surface area contributed by atoms with Crippen LogP contribution >= 0.6 is 24.0 Å². The Morgan fingerprint density at radius 2 is 1.77 bits per heavy atom. The third-order valence-corrected chi connectivity index (χ3v) is 5.30. The van der Waals surface area contributed by atoms with Crippen molar-refractivity contribution in [3.8, 4) is 5.75 Å². The van der Waals surface area contributed by atoms with E-state index >= 15 is 0 Å². The molecule has 0 aliphatic carbocycles. The Balaban J connectivity index is 0.00000480. The monoisotopic (exact) mass is 547 g/mol. The van der Waals surface area contributed by atoms with E-state index in [1.54, 1.807) is 7.11 Å². The van der Waals surface area contributed by atoms with Gasteiger partial charge >= 0.3 is 0 Å². The summed E-state index contributed by atoms with van der Waals surface area (Å²) in [6, 6.07) is 8.08. The molecule has 0 aromatic heterocycles. The second-order valence-electron chi connectivity index (χ2n) is 7.77. The molecule has 7 nitrogen and oxygen atoms in total. The van der Waals surface area contributed by atoms with Crippen molar-refractivity contribution in [2.75, 3.05) is 73.2 Å². The molecule has 8 heteroatoms. The van der Waals surface area contributed by atoms with Crippen molar-refractivity contribution in [2.45, 2.75) is 32.7 Å². The number of hydrogen-bond acceptors (Lipinski definition) is 5. The third kappa shape index (κ3) is 12.5. The number of benzene rings is 1. The van der Waals surface area contributed by atoms with Crippen LogP contribution < -0.4 is 15.4 Å². The van der Waals surface area contributed by atoms with Gasteiger partial charge in [-0.1, -0.05) is 12.1 Å². The maximum Gasteiger partial charge on any atom is 0.191 e. The molecule has 0 radical (unpaired) electrons. The molecular formula is C23H42IN5O2. The summed E-state index contributed by atoms with van der Waals surface area (Å²) in [5.74, 6) is 1.74. The van der Waals surface area contributed by atoms with Crippen LogP contribution in [-0.2, 0) is 11.3 Å². The summed E-state index contributed by atoms with van der Waals surface area (Å²) >= 11 is 0. The lowest BCUT2D eigenvalue weighted by atomic mass is 10.2. The van der Waals surface area contributed by atoms with E-state index in [1.165, 1.54) is 38.2 Å². The molecule has 0 saturated carbocycles. The first kappa shape index (κ1) is 27.9. The van der Waals surface area contributed by atoms with Gasteiger partial charge in [-0.3, -0.25) is 0 Å². The van der Waals surface area contributed by atoms with Crippen LogP contribution in [0.15, 0.2) is 29.3 Å². The first-order valence-corrected chi connectivity index (χ1v) is 11.3. The number of guanidine groups is 1. The molecular weight excluding hydrogens is 505 g/mol. The Bertz CT molecular complexity index is 600. The number of rotatable bonds is 12. The smallest absolute Gasteiger partial charge is 0.191 e. The molecule has 1 heterocycles. The largest absolute Gasteiger partial charge is 0.497 e. The lowest BCUT2D eigenvalue weighted by Gasteiger charge is -2.20. The fourth-order valence-corrected chi connectivity index (χ4v) is 3.43. The second-order valence-corrected chi connectivity index (χ2v) is 7.77. The molecule has 2 N–H and O–H groups in total. The molecule has 1 aromatic carbocycles. The number of aliphatic imine (C=N–C) groups is 1. The molecule has 31 heavy (non-hydrogen) atoms. The molecule has 0 unspecified atom stereocenters. The fraction of sp³-hybridized carbons (Fsp3) is 0.696. The summed E-state index contributed by atoms with van der Waals surface area (Å²) in [6.45, 7) is 11.9. The number of nitrogens with zero attached hydrogens (tertiary/aromatic N) is 3. The van der Waals surface area contributed by atoms with Crippen molar-refractivity contribution >= 4 is 29.9 Å². The zero-order valence-corrected chi connectivity index (χ0v) is 21.9. The van der Waals surface area contributed by atoms with Gasteiger partial charge in [-0.2, -0.15) is 0 Å². The van der Waals surface area contributed by atoms with Crippen molar-refractivity contribution in [2.24, 2.45) is 4.99 Å². The minimum absolute atomic E-state index is 0. The van der Waals surface area contributed by atoms with E-state index in [9.17, 15) is 0 Å². The van der Waals surface area contributed by atoms with E-state index in [1.807, 2.05) is 19.1 Å². The maximum atomic E-state index is 5.43. The average Bonchev–Trinajstić information content (AvgIpc) is 2.98. The van der Waals surface area contributed by atoms with Gasteiger partial charge < -0.3 is 29.9 Å². The summed E-state index contributed by atoms with van der Waals surface area (Å²) in [5, 5.41) is 6.94. The standard InChI is InChI=1S/C23H41N5O2.HI/c1-4-30-19-6-13-25-23(26-20-21-8-10-22(29-3)11-9-21)24-12-5-15-28-16-7-14-27(2)17-18-28;/h8-11H,4-7,12-20H2,1-3H3,(H2,24,25,26);1H. The highest BCUT2D eigenvalue weighted by atomic mass is 127. The van der Waals surface area contributed by atoms with Crippen LogP contribution in [0.5, 0.6) is 5.75 Å². The number of likely N-dealkylation sites (N-methyl/N-ethyl adjacent to an activating group) is 1. The van der Waals surface area contributed by atoms with Crippen molar-refractivity contribution in [3.63, 3.8) is 0 Å². The van der Waals surface area contributed by atoms with E-state index in [-0.39, 0.29) is 24.0 Å². The number of halogens is 1. The van der Waals surface area contributed by atoms with Crippen LogP contribution in [0.1, 0.15) is 31.7 Å². The number of hydrogen-bond donors (Lipinski definition) is 2. The second kappa shape index (κ2) is 17.5. The first-order valence-electron chi connectivity index (χ1n) is 11.3. The lowest BCUT2D eigenvalue weighted by Crippen LogP contribution is -2.40. The minimum Gasteiger partial charge on any atom is -0.497 e. The van der Waals surface area contributed by atoms with Crippen LogP contribution in [0, 0.1) is 0 Å². The molecule has 1 fully saturated rings. The van der Waals surface area contributed by atoms with Gasteiger partial charge in [0.25, 0.3) is 0 Å². The molecule has 1 aromatic rings. The Morgan fingerprint density at radius 3 is 2.48 bits per heavy atom. The molecule has 0 amide bonds. The van der Waals surface area contributed by atoms with Crippen molar-refractivity contribution in [1.82, 2.24) is 20.4 Å². The Morgan fingerprint density at radius 1 is 1.03 bits per heavy atom. The van der Waals surface area contributed by atoms with Gasteiger partial charge in [-0.25, -0.2) is 4.99 Å². The predicted octanol–water partition coefficient (Wildman–Crippen LogP) is 2.80. The molecule has 1 aliphatic heterocycles. The quantitative estimate of drug-likeness (QED) is 0.182. The van der Waals surface area contributed by atoms with Crippen LogP contribution in [-0.4, -0.2) is 88.9 Å². The molecule has 178 valence electrons. The van der Waals surface area contributed by atoms with Crippen LogP contribution in [0.2, 0.25) is 0 Å². The van der Waals surface area contributed by atoms with E-state index in [0.717, 1.165) is 57.4 Å². The predicted molar refractivity (Wildman–Crippen MR) is 140 cm³/mol. The normalized spacial score (nSPS) is 15.8. The molecule has 0 spiro atoms. The van der Waals surface area contributed by atoms with Gasteiger partial charge in [-0.05, 0) is 70.6 Å². The Hall–Kier alpha value is -1.10. The van der Waals surface area contributed by atoms with E-state index in [2.05, 4.69) is 39.6 Å². The van der Waals surface area contributed by atoms with Gasteiger partial charge in [0, 0.05) is 39.4 Å². The Kier molecular flexibility index (Phi) is 15.7. The fourth-order valence-electron chi connectivity index (χ4n) is 3.43. The topological polar surface area (TPSA) is 61.4 Å². The first-order chi connectivity index (χ1) is 14.7. The van der Waals surface area contributed by atoms with Gasteiger partial charge in [-0.15, -0.1) is 24.0 Å². The van der Waals surface area contributed by atoms with Crippen molar-refractivity contribution < 1.29 is 9.47 Å². The zero-order valence-electron chi connectivity index (χ0n) is 19.6. The summed E-state index contributed by atoms with van der Waals surface area (Å²) < 4.78 is 10.7. The maximum absolute atomic E-state index is 5.43. The van der Waals surface area contributed by atoms with Crippen molar-refractivity contribution in [1.29, 1.82) is 0 Å². The highest BCUT2D eigenvalue weighted by molar-refractivity contribution is 14.0. The highest BCUT2D eigenvalue weighted by Crippen LogP contribution is 2.11.